The summed E-state index contributed by atoms with van der Waals surface area (Å²) in [7, 11) is 0. The predicted octanol–water partition coefficient (Wildman–Crippen LogP) is 2.98. The smallest absolute Gasteiger partial charge is 0.145 e. The minimum Gasteiger partial charge on any atom is -0.491 e. The Bertz CT molecular complexity index is 546. The summed E-state index contributed by atoms with van der Waals surface area (Å²) < 4.78 is 7.63. The molecule has 1 heterocycles. The molecular weight excluding hydrogens is 238 g/mol. The standard InChI is InChI=1S/C15H21N3O/c1-11(2)13-5-4-12(3)14(10-13)19-9-8-18-7-6-15(16)17-18/h4-7,10-11H,8-9H2,1-3H3,(H2,16,17). The second-order valence-electron chi connectivity index (χ2n) is 5.03. The number of rotatable bonds is 5. The fraction of sp³-hybridized carbons (Fsp3) is 0.400. The zero-order chi connectivity index (χ0) is 13.8. The van der Waals surface area contributed by atoms with Crippen molar-refractivity contribution in [2.24, 2.45) is 0 Å². The van der Waals surface area contributed by atoms with E-state index in [-0.39, 0.29) is 0 Å². The lowest BCUT2D eigenvalue weighted by molar-refractivity contribution is 0.289. The second kappa shape index (κ2) is 5.78. The van der Waals surface area contributed by atoms with Crippen LogP contribution in [0.2, 0.25) is 0 Å². The van der Waals surface area contributed by atoms with E-state index in [1.165, 1.54) is 5.56 Å². The number of aromatic nitrogens is 2. The number of hydrogen-bond donors (Lipinski definition) is 1. The van der Waals surface area contributed by atoms with Crippen LogP contribution in [0, 0.1) is 6.92 Å². The predicted molar refractivity (Wildman–Crippen MR) is 77.4 cm³/mol. The molecule has 2 rings (SSSR count). The number of ether oxygens (including phenoxy) is 1. The lowest BCUT2D eigenvalue weighted by Gasteiger charge is -2.12. The van der Waals surface area contributed by atoms with Crippen LogP contribution in [-0.4, -0.2) is 16.4 Å². The Morgan fingerprint density at radius 2 is 2.11 bits per heavy atom. The molecule has 4 nitrogen and oxygen atoms in total. The summed E-state index contributed by atoms with van der Waals surface area (Å²) in [5.74, 6) is 2.00. The number of nitrogen functional groups attached to an aromatic ring is 1. The fourth-order valence-electron chi connectivity index (χ4n) is 1.88. The molecule has 0 spiro atoms. The molecule has 0 aliphatic rings. The second-order valence-corrected chi connectivity index (χ2v) is 5.03. The van der Waals surface area contributed by atoms with Gasteiger partial charge in [0.2, 0.25) is 0 Å². The van der Waals surface area contributed by atoms with Gasteiger partial charge in [0.15, 0.2) is 0 Å². The average Bonchev–Trinajstić information content (AvgIpc) is 2.77. The van der Waals surface area contributed by atoms with Gasteiger partial charge < -0.3 is 10.5 Å². The minimum absolute atomic E-state index is 0.508. The number of benzene rings is 1. The molecule has 1 aromatic heterocycles. The Balaban J connectivity index is 1.97. The summed E-state index contributed by atoms with van der Waals surface area (Å²) in [5, 5.41) is 4.12. The third-order valence-corrected chi connectivity index (χ3v) is 3.12. The normalized spacial score (nSPS) is 10.9. The van der Waals surface area contributed by atoms with Gasteiger partial charge in [0.1, 0.15) is 18.2 Å². The molecule has 4 heteroatoms. The Kier molecular flexibility index (Phi) is 4.10. The number of anilines is 1. The first-order chi connectivity index (χ1) is 9.06. The van der Waals surface area contributed by atoms with Crippen LogP contribution >= 0.6 is 0 Å². The zero-order valence-corrected chi connectivity index (χ0v) is 11.8. The monoisotopic (exact) mass is 259 g/mol. The Morgan fingerprint density at radius 3 is 2.74 bits per heavy atom. The number of nitrogens with zero attached hydrogens (tertiary/aromatic N) is 2. The van der Waals surface area contributed by atoms with Gasteiger partial charge in [-0.1, -0.05) is 26.0 Å². The van der Waals surface area contributed by atoms with Gasteiger partial charge in [0.25, 0.3) is 0 Å². The molecule has 102 valence electrons. The van der Waals surface area contributed by atoms with Gasteiger partial charge in [-0.25, -0.2) is 0 Å². The van der Waals surface area contributed by atoms with Crippen LogP contribution in [0.5, 0.6) is 5.75 Å². The van der Waals surface area contributed by atoms with Gasteiger partial charge >= 0.3 is 0 Å². The maximum absolute atomic E-state index is 5.84. The fourth-order valence-corrected chi connectivity index (χ4v) is 1.88. The van der Waals surface area contributed by atoms with Gasteiger partial charge in [-0.05, 0) is 36.1 Å². The van der Waals surface area contributed by atoms with Crippen LogP contribution in [0.4, 0.5) is 5.82 Å². The number of nitrogens with two attached hydrogens (primary N) is 1. The van der Waals surface area contributed by atoms with Crippen LogP contribution < -0.4 is 10.5 Å². The molecule has 19 heavy (non-hydrogen) atoms. The van der Waals surface area contributed by atoms with Crippen LogP contribution in [0.3, 0.4) is 0 Å². The van der Waals surface area contributed by atoms with Crippen molar-refractivity contribution in [1.82, 2.24) is 9.78 Å². The molecule has 0 aliphatic heterocycles. The Morgan fingerprint density at radius 1 is 1.32 bits per heavy atom. The van der Waals surface area contributed by atoms with E-state index in [0.29, 0.717) is 24.9 Å². The van der Waals surface area contributed by atoms with Gasteiger partial charge in [-0.3, -0.25) is 4.68 Å². The molecule has 0 amide bonds. The first-order valence-corrected chi connectivity index (χ1v) is 6.58. The summed E-state index contributed by atoms with van der Waals surface area (Å²) in [4.78, 5) is 0. The van der Waals surface area contributed by atoms with E-state index in [2.05, 4.69) is 44.1 Å². The molecule has 2 N–H and O–H groups in total. The summed E-state index contributed by atoms with van der Waals surface area (Å²) in [5.41, 5.74) is 8.02. The van der Waals surface area contributed by atoms with Crippen molar-refractivity contribution >= 4 is 5.82 Å². The zero-order valence-electron chi connectivity index (χ0n) is 11.8. The molecule has 0 bridgehead atoms. The quantitative estimate of drug-likeness (QED) is 0.898. The van der Waals surface area contributed by atoms with E-state index in [9.17, 15) is 0 Å². The average molecular weight is 259 g/mol. The van der Waals surface area contributed by atoms with Gasteiger partial charge in [0.05, 0.1) is 6.54 Å². The van der Waals surface area contributed by atoms with Crippen LogP contribution in [0.15, 0.2) is 30.5 Å². The molecule has 0 aliphatic carbocycles. The third-order valence-electron chi connectivity index (χ3n) is 3.12. The summed E-state index contributed by atoms with van der Waals surface area (Å²) in [6.45, 7) is 7.71. The molecule has 0 radical (unpaired) electrons. The highest BCUT2D eigenvalue weighted by Crippen LogP contribution is 2.24. The summed E-state index contributed by atoms with van der Waals surface area (Å²) in [6, 6.07) is 8.17. The highest BCUT2D eigenvalue weighted by atomic mass is 16.5. The van der Waals surface area contributed by atoms with Crippen molar-refractivity contribution in [3.8, 4) is 5.75 Å². The molecule has 0 atom stereocenters. The van der Waals surface area contributed by atoms with E-state index in [1.54, 1.807) is 10.7 Å². The van der Waals surface area contributed by atoms with Crippen molar-refractivity contribution in [3.05, 3.63) is 41.6 Å². The molecule has 2 aromatic rings. The van der Waals surface area contributed by atoms with E-state index in [4.69, 9.17) is 10.5 Å². The van der Waals surface area contributed by atoms with Gasteiger partial charge in [-0.2, -0.15) is 5.10 Å². The SMILES string of the molecule is Cc1ccc(C(C)C)cc1OCCn1ccc(N)n1. The number of aryl methyl sites for hydroxylation is 1. The first-order valence-electron chi connectivity index (χ1n) is 6.58. The lowest BCUT2D eigenvalue weighted by Crippen LogP contribution is -2.09. The minimum atomic E-state index is 0.508. The highest BCUT2D eigenvalue weighted by molar-refractivity contribution is 5.37. The Labute approximate surface area is 114 Å². The van der Waals surface area contributed by atoms with Crippen molar-refractivity contribution in [2.45, 2.75) is 33.2 Å². The maximum Gasteiger partial charge on any atom is 0.145 e. The summed E-state index contributed by atoms with van der Waals surface area (Å²) in [6.07, 6.45) is 1.86. The number of hydrogen-bond acceptors (Lipinski definition) is 3. The van der Waals surface area contributed by atoms with Crippen molar-refractivity contribution in [1.29, 1.82) is 0 Å². The van der Waals surface area contributed by atoms with Crippen LogP contribution in [-0.2, 0) is 6.54 Å². The summed E-state index contributed by atoms with van der Waals surface area (Å²) >= 11 is 0. The largest absolute Gasteiger partial charge is 0.491 e. The topological polar surface area (TPSA) is 53.1 Å². The van der Waals surface area contributed by atoms with Crippen LogP contribution in [0.1, 0.15) is 30.9 Å². The van der Waals surface area contributed by atoms with E-state index in [1.807, 2.05) is 6.20 Å². The van der Waals surface area contributed by atoms with Crippen LogP contribution in [0.25, 0.3) is 0 Å². The molecule has 0 saturated heterocycles. The molecular formula is C15H21N3O. The van der Waals surface area contributed by atoms with Crippen molar-refractivity contribution in [3.63, 3.8) is 0 Å². The van der Waals surface area contributed by atoms with E-state index >= 15 is 0 Å². The highest BCUT2D eigenvalue weighted by Gasteiger charge is 2.05. The Hall–Kier alpha value is -1.97. The molecule has 0 saturated carbocycles. The molecule has 0 fully saturated rings. The molecule has 0 unspecified atom stereocenters. The third kappa shape index (κ3) is 3.50. The van der Waals surface area contributed by atoms with E-state index < -0.39 is 0 Å². The van der Waals surface area contributed by atoms with Crippen molar-refractivity contribution < 1.29 is 4.74 Å². The lowest BCUT2D eigenvalue weighted by atomic mass is 10.0. The maximum atomic E-state index is 5.84. The van der Waals surface area contributed by atoms with Gasteiger partial charge in [-0.15, -0.1) is 0 Å². The molecule has 1 aromatic carbocycles. The first kappa shape index (κ1) is 13.5. The van der Waals surface area contributed by atoms with E-state index in [0.717, 1.165) is 11.3 Å². The van der Waals surface area contributed by atoms with Crippen molar-refractivity contribution in [2.75, 3.05) is 12.3 Å². The van der Waals surface area contributed by atoms with Gasteiger partial charge in [0, 0.05) is 6.20 Å².